The van der Waals surface area contributed by atoms with Crippen LogP contribution in [0.5, 0.6) is 0 Å². The summed E-state index contributed by atoms with van der Waals surface area (Å²) in [6.07, 6.45) is 0. The molecule has 1 amide bonds. The lowest BCUT2D eigenvalue weighted by Gasteiger charge is -2.14. The Balaban J connectivity index is 2.08. The van der Waals surface area contributed by atoms with Crippen LogP contribution in [-0.2, 0) is 7.05 Å². The van der Waals surface area contributed by atoms with Crippen molar-refractivity contribution in [1.82, 2.24) is 15.1 Å². The third-order valence-corrected chi connectivity index (χ3v) is 4.10. The van der Waals surface area contributed by atoms with E-state index in [1.807, 2.05) is 24.3 Å². The van der Waals surface area contributed by atoms with E-state index in [-0.39, 0.29) is 23.6 Å². The normalized spacial score (nSPS) is 12.2. The first kappa shape index (κ1) is 18.6. The number of benzene rings is 1. The molecule has 1 aromatic heterocycles. The number of rotatable bonds is 6. The summed E-state index contributed by atoms with van der Waals surface area (Å²) in [5, 5.41) is 17.8. The number of nitro groups is 1. The van der Waals surface area contributed by atoms with Gasteiger partial charge < -0.3 is 11.1 Å². The quantitative estimate of drug-likeness (QED) is 0.615. The zero-order valence-electron chi connectivity index (χ0n) is 14.8. The molecule has 0 saturated heterocycles. The van der Waals surface area contributed by atoms with Gasteiger partial charge >= 0.3 is 5.69 Å². The summed E-state index contributed by atoms with van der Waals surface area (Å²) in [6, 6.07) is 7.48. The van der Waals surface area contributed by atoms with E-state index in [9.17, 15) is 14.9 Å². The van der Waals surface area contributed by atoms with E-state index < -0.39 is 16.9 Å². The Kier molecular flexibility index (Phi) is 5.53. The zero-order chi connectivity index (χ0) is 18.7. The van der Waals surface area contributed by atoms with Gasteiger partial charge in [0.2, 0.25) is 5.69 Å². The van der Waals surface area contributed by atoms with Crippen molar-refractivity contribution in [1.29, 1.82) is 0 Å². The molecule has 1 aromatic carbocycles. The maximum Gasteiger partial charge on any atom is 0.322 e. The van der Waals surface area contributed by atoms with Gasteiger partial charge in [0.1, 0.15) is 5.69 Å². The highest BCUT2D eigenvalue weighted by molar-refractivity contribution is 5.96. The van der Waals surface area contributed by atoms with Crippen LogP contribution in [0.3, 0.4) is 0 Å². The number of carbonyl (C=O) groups excluding carboxylic acids is 1. The Morgan fingerprint density at radius 1 is 1.32 bits per heavy atom. The maximum atomic E-state index is 12.4. The van der Waals surface area contributed by atoms with Gasteiger partial charge in [0.05, 0.1) is 4.92 Å². The first-order valence-corrected chi connectivity index (χ1v) is 8.04. The molecule has 2 aromatic rings. The molecule has 134 valence electrons. The van der Waals surface area contributed by atoms with Crippen LogP contribution >= 0.6 is 0 Å². The number of carbonyl (C=O) groups is 1. The minimum absolute atomic E-state index is 0.0788. The SMILES string of the molecule is Cc1nn(C)c(C(=O)NCC(N)c2ccc(C(C)C)cc2)c1[N+](=O)[O-]. The smallest absolute Gasteiger partial charge is 0.322 e. The molecule has 1 atom stereocenters. The Labute approximate surface area is 146 Å². The van der Waals surface area contributed by atoms with Crippen molar-refractivity contribution in [2.24, 2.45) is 12.8 Å². The van der Waals surface area contributed by atoms with E-state index in [0.717, 1.165) is 5.56 Å². The van der Waals surface area contributed by atoms with Crippen LogP contribution in [0.2, 0.25) is 0 Å². The van der Waals surface area contributed by atoms with Crippen molar-refractivity contribution in [3.63, 3.8) is 0 Å². The second-order valence-electron chi connectivity index (χ2n) is 6.30. The van der Waals surface area contributed by atoms with Crippen LogP contribution < -0.4 is 11.1 Å². The lowest BCUT2D eigenvalue weighted by Crippen LogP contribution is -2.33. The molecular weight excluding hydrogens is 322 g/mol. The van der Waals surface area contributed by atoms with Gasteiger partial charge in [0, 0.05) is 19.6 Å². The highest BCUT2D eigenvalue weighted by Crippen LogP contribution is 2.22. The van der Waals surface area contributed by atoms with Gasteiger partial charge in [-0.25, -0.2) is 0 Å². The first-order chi connectivity index (χ1) is 11.7. The van der Waals surface area contributed by atoms with Crippen LogP contribution in [0.15, 0.2) is 24.3 Å². The summed E-state index contributed by atoms with van der Waals surface area (Å²) in [5.41, 5.74) is 8.05. The van der Waals surface area contributed by atoms with Gasteiger partial charge in [-0.15, -0.1) is 0 Å². The van der Waals surface area contributed by atoms with Crippen LogP contribution in [0.1, 0.15) is 53.1 Å². The highest BCUT2D eigenvalue weighted by atomic mass is 16.6. The number of aryl methyl sites for hydroxylation is 2. The lowest BCUT2D eigenvalue weighted by atomic mass is 9.99. The predicted molar refractivity (Wildman–Crippen MR) is 94.4 cm³/mol. The molecule has 2 rings (SSSR count). The standard InChI is InChI=1S/C17H23N5O3/c1-10(2)12-5-7-13(8-6-12)14(18)9-19-17(23)16-15(22(24)25)11(3)20-21(16)4/h5-8,10,14H,9,18H2,1-4H3,(H,19,23). The fourth-order valence-electron chi connectivity index (χ4n) is 2.65. The van der Waals surface area contributed by atoms with Crippen LogP contribution in [0.4, 0.5) is 5.69 Å². The molecule has 1 unspecified atom stereocenters. The van der Waals surface area contributed by atoms with E-state index in [1.54, 1.807) is 0 Å². The van der Waals surface area contributed by atoms with Gasteiger partial charge in [-0.2, -0.15) is 5.10 Å². The van der Waals surface area contributed by atoms with E-state index >= 15 is 0 Å². The van der Waals surface area contributed by atoms with Gasteiger partial charge in [-0.1, -0.05) is 38.1 Å². The van der Waals surface area contributed by atoms with Gasteiger partial charge in [-0.3, -0.25) is 19.6 Å². The third kappa shape index (κ3) is 4.03. The summed E-state index contributed by atoms with van der Waals surface area (Å²) in [6.45, 7) is 5.88. The molecule has 1 heterocycles. The molecule has 0 radical (unpaired) electrons. The Morgan fingerprint density at radius 2 is 1.88 bits per heavy atom. The van der Waals surface area contributed by atoms with E-state index in [4.69, 9.17) is 5.73 Å². The van der Waals surface area contributed by atoms with Crippen molar-refractivity contribution >= 4 is 11.6 Å². The number of aromatic nitrogens is 2. The molecule has 3 N–H and O–H groups in total. The Morgan fingerprint density at radius 3 is 2.40 bits per heavy atom. The summed E-state index contributed by atoms with van der Waals surface area (Å²) in [7, 11) is 1.50. The van der Waals surface area contributed by atoms with Crippen LogP contribution in [-0.4, -0.2) is 27.2 Å². The topological polar surface area (TPSA) is 116 Å². The molecule has 8 heteroatoms. The molecule has 0 bridgehead atoms. The van der Waals surface area contributed by atoms with E-state index in [2.05, 4.69) is 24.3 Å². The van der Waals surface area contributed by atoms with Gasteiger partial charge in [-0.05, 0) is 24.0 Å². The average Bonchev–Trinajstić information content (AvgIpc) is 2.86. The molecule has 25 heavy (non-hydrogen) atoms. The number of nitrogens with one attached hydrogen (secondary N) is 1. The minimum Gasteiger partial charge on any atom is -0.349 e. The van der Waals surface area contributed by atoms with Crippen molar-refractivity contribution in [3.8, 4) is 0 Å². The fourth-order valence-corrected chi connectivity index (χ4v) is 2.65. The molecule has 0 aliphatic carbocycles. The van der Waals surface area contributed by atoms with Crippen molar-refractivity contribution in [2.45, 2.75) is 32.7 Å². The summed E-state index contributed by atoms with van der Waals surface area (Å²) >= 11 is 0. The van der Waals surface area contributed by atoms with Gasteiger partial charge in [0.15, 0.2) is 0 Å². The molecule has 0 aliphatic rings. The van der Waals surface area contributed by atoms with E-state index in [1.165, 1.54) is 24.2 Å². The zero-order valence-corrected chi connectivity index (χ0v) is 14.8. The van der Waals surface area contributed by atoms with E-state index in [0.29, 0.717) is 5.92 Å². The van der Waals surface area contributed by atoms with Crippen molar-refractivity contribution < 1.29 is 9.72 Å². The maximum absolute atomic E-state index is 12.4. The Hall–Kier alpha value is -2.74. The van der Waals surface area contributed by atoms with Gasteiger partial charge in [0.25, 0.3) is 5.91 Å². The van der Waals surface area contributed by atoms with Crippen molar-refractivity contribution in [3.05, 3.63) is 56.9 Å². The molecule has 0 spiro atoms. The summed E-state index contributed by atoms with van der Waals surface area (Å²) in [4.78, 5) is 22.9. The first-order valence-electron chi connectivity index (χ1n) is 8.04. The average molecular weight is 345 g/mol. The molecule has 8 nitrogen and oxygen atoms in total. The number of nitrogens with zero attached hydrogens (tertiary/aromatic N) is 3. The number of amides is 1. The molecule has 0 fully saturated rings. The number of nitrogens with two attached hydrogens (primary N) is 1. The number of hydrogen-bond donors (Lipinski definition) is 2. The Bertz CT molecular complexity index is 780. The number of hydrogen-bond acceptors (Lipinski definition) is 5. The minimum atomic E-state index is -0.595. The molecular formula is C17H23N5O3. The largest absolute Gasteiger partial charge is 0.349 e. The van der Waals surface area contributed by atoms with Crippen LogP contribution in [0, 0.1) is 17.0 Å². The van der Waals surface area contributed by atoms with Crippen molar-refractivity contribution in [2.75, 3.05) is 6.54 Å². The highest BCUT2D eigenvalue weighted by Gasteiger charge is 2.29. The monoisotopic (exact) mass is 345 g/mol. The predicted octanol–water partition coefficient (Wildman–Crippen LogP) is 2.19. The molecule has 0 aliphatic heterocycles. The fraction of sp³-hybridized carbons (Fsp3) is 0.412. The second kappa shape index (κ2) is 7.43. The summed E-state index contributed by atoms with van der Waals surface area (Å²) < 4.78 is 1.21. The van der Waals surface area contributed by atoms with Crippen LogP contribution in [0.25, 0.3) is 0 Å². The summed E-state index contributed by atoms with van der Waals surface area (Å²) in [5.74, 6) is -0.136. The third-order valence-electron chi connectivity index (χ3n) is 4.10. The lowest BCUT2D eigenvalue weighted by molar-refractivity contribution is -0.385. The molecule has 0 saturated carbocycles. The second-order valence-corrected chi connectivity index (χ2v) is 6.30.